The van der Waals surface area contributed by atoms with E-state index in [0.29, 0.717) is 5.57 Å². The van der Waals surface area contributed by atoms with Gasteiger partial charge in [0.25, 0.3) is 0 Å². The first-order valence-electron chi connectivity index (χ1n) is 4.58. The van der Waals surface area contributed by atoms with Crippen LogP contribution < -0.4 is 5.32 Å². The second-order valence-corrected chi connectivity index (χ2v) is 3.58. The van der Waals surface area contributed by atoms with Crippen LogP contribution in [0.15, 0.2) is 12.2 Å². The van der Waals surface area contributed by atoms with Gasteiger partial charge in [0.05, 0.1) is 5.54 Å². The van der Waals surface area contributed by atoms with Gasteiger partial charge in [-0.15, -0.1) is 0 Å². The van der Waals surface area contributed by atoms with Gasteiger partial charge in [0, 0.05) is 0 Å². The van der Waals surface area contributed by atoms with E-state index in [4.69, 9.17) is 0 Å². The molecule has 1 saturated heterocycles. The molecule has 0 saturated carbocycles. The molecule has 0 spiro atoms. The fourth-order valence-electron chi connectivity index (χ4n) is 1.87. The zero-order chi connectivity index (χ0) is 9.19. The van der Waals surface area contributed by atoms with Crippen LogP contribution in [0.4, 0.5) is 0 Å². The predicted octanol–water partition coefficient (Wildman–Crippen LogP) is 1.66. The van der Waals surface area contributed by atoms with E-state index in [-0.39, 0.29) is 11.3 Å². The van der Waals surface area contributed by atoms with E-state index in [2.05, 4.69) is 18.8 Å². The maximum atomic E-state index is 11.7. The second kappa shape index (κ2) is 3.40. The van der Waals surface area contributed by atoms with E-state index in [0.717, 1.165) is 25.8 Å². The molecule has 12 heavy (non-hydrogen) atoms. The van der Waals surface area contributed by atoms with Crippen LogP contribution in [0, 0.1) is 0 Å². The lowest BCUT2D eigenvalue weighted by atomic mass is 9.86. The molecule has 0 bridgehead atoms. The molecule has 0 amide bonds. The molecule has 1 heterocycles. The van der Waals surface area contributed by atoms with Crippen molar-refractivity contribution in [3.8, 4) is 0 Å². The molecule has 1 rings (SSSR count). The summed E-state index contributed by atoms with van der Waals surface area (Å²) in [5, 5.41) is 3.29. The lowest BCUT2D eigenvalue weighted by Crippen LogP contribution is -2.47. The first-order valence-corrected chi connectivity index (χ1v) is 4.58. The van der Waals surface area contributed by atoms with Crippen molar-refractivity contribution in [2.45, 2.75) is 38.6 Å². The van der Waals surface area contributed by atoms with Gasteiger partial charge in [0.1, 0.15) is 0 Å². The number of hydrogen-bond donors (Lipinski definition) is 1. The smallest absolute Gasteiger partial charge is 0.177 e. The zero-order valence-electron chi connectivity index (χ0n) is 7.94. The van der Waals surface area contributed by atoms with Crippen LogP contribution in [0.1, 0.15) is 33.1 Å². The second-order valence-electron chi connectivity index (χ2n) is 3.58. The van der Waals surface area contributed by atoms with Gasteiger partial charge in [0.15, 0.2) is 5.78 Å². The molecule has 1 fully saturated rings. The van der Waals surface area contributed by atoms with Gasteiger partial charge in [-0.05, 0) is 38.3 Å². The third-order valence-corrected chi connectivity index (χ3v) is 2.67. The minimum atomic E-state index is -0.272. The Morgan fingerprint density at radius 3 is 2.67 bits per heavy atom. The molecule has 1 atom stereocenters. The molecular formula is C10H17NO. The molecule has 1 unspecified atom stereocenters. The fourth-order valence-corrected chi connectivity index (χ4v) is 1.87. The maximum absolute atomic E-state index is 11.7. The highest BCUT2D eigenvalue weighted by atomic mass is 16.1. The number of nitrogens with one attached hydrogen (secondary N) is 1. The van der Waals surface area contributed by atoms with E-state index in [1.54, 1.807) is 6.92 Å². The third-order valence-electron chi connectivity index (χ3n) is 2.67. The standard InChI is InChI=1S/C10H17NO/c1-4-10(6-5-7-11-10)9(12)8(2)3/h11H,2,4-7H2,1,3H3. The Bertz CT molecular complexity index is 202. The summed E-state index contributed by atoms with van der Waals surface area (Å²) in [5.74, 6) is 0.197. The van der Waals surface area contributed by atoms with Crippen molar-refractivity contribution in [1.82, 2.24) is 5.32 Å². The summed E-state index contributed by atoms with van der Waals surface area (Å²) in [7, 11) is 0. The topological polar surface area (TPSA) is 29.1 Å². The SMILES string of the molecule is C=C(C)C(=O)C1(CC)CCCN1. The first-order chi connectivity index (χ1) is 5.62. The molecule has 2 nitrogen and oxygen atoms in total. The number of hydrogen-bond acceptors (Lipinski definition) is 2. The molecule has 0 radical (unpaired) electrons. The number of Topliss-reactive ketones (excluding diaryl/α,β-unsaturated/α-hetero) is 1. The lowest BCUT2D eigenvalue weighted by molar-refractivity contribution is -0.121. The molecule has 0 aromatic rings. The quantitative estimate of drug-likeness (QED) is 0.648. The van der Waals surface area contributed by atoms with Gasteiger partial charge in [0.2, 0.25) is 0 Å². The van der Waals surface area contributed by atoms with Crippen LogP contribution >= 0.6 is 0 Å². The van der Waals surface area contributed by atoms with Crippen LogP contribution in [0.3, 0.4) is 0 Å². The summed E-state index contributed by atoms with van der Waals surface area (Å²) in [4.78, 5) is 11.7. The fraction of sp³-hybridized carbons (Fsp3) is 0.700. The molecule has 1 N–H and O–H groups in total. The zero-order valence-corrected chi connectivity index (χ0v) is 7.94. The van der Waals surface area contributed by atoms with Gasteiger partial charge in [-0.2, -0.15) is 0 Å². The van der Waals surface area contributed by atoms with Crippen molar-refractivity contribution in [1.29, 1.82) is 0 Å². The van der Waals surface area contributed by atoms with E-state index < -0.39 is 0 Å². The Morgan fingerprint density at radius 1 is 1.67 bits per heavy atom. The highest BCUT2D eigenvalue weighted by Gasteiger charge is 2.38. The minimum Gasteiger partial charge on any atom is -0.305 e. The van der Waals surface area contributed by atoms with E-state index in [9.17, 15) is 4.79 Å². The summed E-state index contributed by atoms with van der Waals surface area (Å²) in [6.45, 7) is 8.51. The summed E-state index contributed by atoms with van der Waals surface area (Å²) in [6, 6.07) is 0. The molecule has 0 aromatic heterocycles. The number of carbonyl (C=O) groups is 1. The summed E-state index contributed by atoms with van der Waals surface area (Å²) in [6.07, 6.45) is 2.95. The third kappa shape index (κ3) is 1.44. The van der Waals surface area contributed by atoms with E-state index in [1.807, 2.05) is 0 Å². The summed E-state index contributed by atoms with van der Waals surface area (Å²) in [5.41, 5.74) is 0.400. The van der Waals surface area contributed by atoms with Crippen LogP contribution in [0.2, 0.25) is 0 Å². The Kier molecular flexibility index (Phi) is 2.68. The van der Waals surface area contributed by atoms with Gasteiger partial charge >= 0.3 is 0 Å². The lowest BCUT2D eigenvalue weighted by Gasteiger charge is -2.26. The Morgan fingerprint density at radius 2 is 2.33 bits per heavy atom. The largest absolute Gasteiger partial charge is 0.305 e. The Balaban J connectivity index is 2.79. The van der Waals surface area contributed by atoms with Crippen molar-refractivity contribution in [3.05, 3.63) is 12.2 Å². The van der Waals surface area contributed by atoms with Crippen molar-refractivity contribution in [2.24, 2.45) is 0 Å². The highest BCUT2D eigenvalue weighted by molar-refractivity contribution is 6.01. The molecule has 0 aromatic carbocycles. The summed E-state index contributed by atoms with van der Waals surface area (Å²) >= 11 is 0. The van der Waals surface area contributed by atoms with Crippen LogP contribution in [0.25, 0.3) is 0 Å². The van der Waals surface area contributed by atoms with Gasteiger partial charge in [-0.25, -0.2) is 0 Å². The van der Waals surface area contributed by atoms with Crippen molar-refractivity contribution in [3.63, 3.8) is 0 Å². The molecule has 1 aliphatic rings. The van der Waals surface area contributed by atoms with Crippen molar-refractivity contribution >= 4 is 5.78 Å². The predicted molar refractivity (Wildman–Crippen MR) is 50.1 cm³/mol. The Hall–Kier alpha value is -0.630. The number of carbonyl (C=O) groups excluding carboxylic acids is 1. The average molecular weight is 167 g/mol. The molecule has 68 valence electrons. The van der Waals surface area contributed by atoms with Crippen molar-refractivity contribution < 1.29 is 4.79 Å². The van der Waals surface area contributed by atoms with E-state index >= 15 is 0 Å². The average Bonchev–Trinajstić information content (AvgIpc) is 2.52. The summed E-state index contributed by atoms with van der Waals surface area (Å²) < 4.78 is 0. The van der Waals surface area contributed by atoms with Crippen LogP contribution in [-0.4, -0.2) is 17.9 Å². The molecule has 1 aliphatic heterocycles. The first kappa shape index (κ1) is 9.46. The molecule has 0 aliphatic carbocycles. The monoisotopic (exact) mass is 167 g/mol. The minimum absolute atomic E-state index is 0.197. The maximum Gasteiger partial charge on any atom is 0.177 e. The highest BCUT2D eigenvalue weighted by Crippen LogP contribution is 2.26. The normalized spacial score (nSPS) is 28.8. The van der Waals surface area contributed by atoms with Gasteiger partial charge in [-0.1, -0.05) is 13.5 Å². The van der Waals surface area contributed by atoms with Crippen LogP contribution in [-0.2, 0) is 4.79 Å². The van der Waals surface area contributed by atoms with E-state index in [1.165, 1.54) is 0 Å². The van der Waals surface area contributed by atoms with Gasteiger partial charge < -0.3 is 5.32 Å². The molecule has 2 heteroatoms. The molecular weight excluding hydrogens is 150 g/mol. The Labute approximate surface area is 74.0 Å². The number of rotatable bonds is 3. The van der Waals surface area contributed by atoms with Crippen LogP contribution in [0.5, 0.6) is 0 Å². The number of ketones is 1. The van der Waals surface area contributed by atoms with Gasteiger partial charge in [-0.3, -0.25) is 4.79 Å². The van der Waals surface area contributed by atoms with Crippen molar-refractivity contribution in [2.75, 3.05) is 6.54 Å².